The Kier molecular flexibility index (Phi) is 3.66. The number of fused-ring (bicyclic) bond motifs is 1. The molecule has 2 N–H and O–H groups in total. The third kappa shape index (κ3) is 2.59. The van der Waals surface area contributed by atoms with Crippen molar-refractivity contribution in [1.82, 2.24) is 5.32 Å². The van der Waals surface area contributed by atoms with Crippen LogP contribution >= 0.6 is 11.8 Å². The van der Waals surface area contributed by atoms with Crippen LogP contribution in [0, 0.1) is 5.92 Å². The van der Waals surface area contributed by atoms with Crippen molar-refractivity contribution in [2.24, 2.45) is 5.92 Å². The van der Waals surface area contributed by atoms with E-state index in [0.29, 0.717) is 6.61 Å². The van der Waals surface area contributed by atoms with Crippen molar-refractivity contribution in [2.45, 2.75) is 18.9 Å². The Balaban J connectivity index is 1.59. The van der Waals surface area contributed by atoms with E-state index >= 15 is 0 Å². The zero-order valence-corrected chi connectivity index (χ0v) is 11.2. The molecule has 2 aliphatic heterocycles. The minimum absolute atomic E-state index is 0.277. The van der Waals surface area contributed by atoms with Crippen LogP contribution in [0.4, 0.5) is 0 Å². The van der Waals surface area contributed by atoms with Crippen LogP contribution in [0.5, 0.6) is 11.5 Å². The lowest BCUT2D eigenvalue weighted by molar-refractivity contribution is 0.299. The summed E-state index contributed by atoms with van der Waals surface area (Å²) in [7, 11) is 0. The average Bonchev–Trinajstić information content (AvgIpc) is 2.80. The second-order valence-corrected chi connectivity index (χ2v) is 6.27. The fraction of sp³-hybridized carbons (Fsp3) is 0.571. The second kappa shape index (κ2) is 5.41. The molecule has 2 heterocycles. The van der Waals surface area contributed by atoms with E-state index in [4.69, 9.17) is 4.74 Å². The molecule has 1 aromatic rings. The van der Waals surface area contributed by atoms with Gasteiger partial charge in [0.05, 0.1) is 6.04 Å². The molecule has 0 aliphatic carbocycles. The van der Waals surface area contributed by atoms with Crippen molar-refractivity contribution in [1.29, 1.82) is 0 Å². The highest BCUT2D eigenvalue weighted by molar-refractivity contribution is 7.99. The van der Waals surface area contributed by atoms with Crippen LogP contribution in [-0.2, 0) is 0 Å². The maximum atomic E-state index is 9.41. The van der Waals surface area contributed by atoms with Crippen molar-refractivity contribution >= 4 is 11.8 Å². The Morgan fingerprint density at radius 2 is 2.17 bits per heavy atom. The number of hydrogen-bond donors (Lipinski definition) is 2. The molecular formula is C14H19NO2S. The summed E-state index contributed by atoms with van der Waals surface area (Å²) in [6, 6.07) is 5.69. The molecule has 3 nitrogen and oxygen atoms in total. The van der Waals surface area contributed by atoms with Crippen LogP contribution in [0.25, 0.3) is 0 Å². The predicted molar refractivity (Wildman–Crippen MR) is 74.4 cm³/mol. The van der Waals surface area contributed by atoms with E-state index in [1.807, 2.05) is 6.07 Å². The standard InChI is InChI=1S/C14H19NO2S/c16-11-1-2-12-13(9-17-14(12)7-11)15-8-10-3-5-18-6-4-10/h1-2,7,10,13,15-16H,3-6,8-9H2. The van der Waals surface area contributed by atoms with Gasteiger partial charge in [-0.05, 0) is 48.9 Å². The maximum absolute atomic E-state index is 9.41. The van der Waals surface area contributed by atoms with E-state index in [2.05, 4.69) is 17.1 Å². The quantitative estimate of drug-likeness (QED) is 0.881. The number of hydrogen-bond acceptors (Lipinski definition) is 4. The van der Waals surface area contributed by atoms with Gasteiger partial charge >= 0.3 is 0 Å². The lowest BCUT2D eigenvalue weighted by Gasteiger charge is -2.23. The normalized spacial score (nSPS) is 23.7. The molecule has 18 heavy (non-hydrogen) atoms. The zero-order chi connectivity index (χ0) is 12.4. The Morgan fingerprint density at radius 3 is 3.00 bits per heavy atom. The van der Waals surface area contributed by atoms with Gasteiger partial charge in [-0.15, -0.1) is 0 Å². The average molecular weight is 265 g/mol. The van der Waals surface area contributed by atoms with Crippen LogP contribution in [-0.4, -0.2) is 29.8 Å². The topological polar surface area (TPSA) is 41.5 Å². The highest BCUT2D eigenvalue weighted by Gasteiger charge is 2.25. The first-order chi connectivity index (χ1) is 8.83. The molecule has 1 atom stereocenters. The summed E-state index contributed by atoms with van der Waals surface area (Å²) < 4.78 is 5.61. The van der Waals surface area contributed by atoms with Crippen molar-refractivity contribution in [3.05, 3.63) is 23.8 Å². The number of phenolic OH excluding ortho intramolecular Hbond substituents is 1. The first-order valence-electron chi connectivity index (χ1n) is 6.60. The zero-order valence-electron chi connectivity index (χ0n) is 10.4. The Hall–Kier alpha value is -0.870. The highest BCUT2D eigenvalue weighted by atomic mass is 32.2. The molecule has 0 bridgehead atoms. The van der Waals surface area contributed by atoms with Gasteiger partial charge in [0, 0.05) is 11.6 Å². The van der Waals surface area contributed by atoms with Crippen LogP contribution in [0.3, 0.4) is 0 Å². The van der Waals surface area contributed by atoms with E-state index in [-0.39, 0.29) is 11.8 Å². The first kappa shape index (κ1) is 12.2. The third-order valence-electron chi connectivity index (χ3n) is 3.77. The van der Waals surface area contributed by atoms with Gasteiger partial charge in [0.15, 0.2) is 0 Å². The summed E-state index contributed by atoms with van der Waals surface area (Å²) in [4.78, 5) is 0. The lowest BCUT2D eigenvalue weighted by atomic mass is 10.0. The van der Waals surface area contributed by atoms with E-state index in [0.717, 1.165) is 18.2 Å². The van der Waals surface area contributed by atoms with Gasteiger partial charge in [0.1, 0.15) is 18.1 Å². The van der Waals surface area contributed by atoms with Crippen molar-refractivity contribution in [2.75, 3.05) is 24.7 Å². The Labute approximate surface area is 112 Å². The number of thioether (sulfide) groups is 1. The minimum Gasteiger partial charge on any atom is -0.508 e. The van der Waals surface area contributed by atoms with Crippen molar-refractivity contribution in [3.8, 4) is 11.5 Å². The second-order valence-electron chi connectivity index (χ2n) is 5.05. The smallest absolute Gasteiger partial charge is 0.127 e. The molecule has 0 amide bonds. The van der Waals surface area contributed by atoms with Crippen LogP contribution in [0.15, 0.2) is 18.2 Å². The van der Waals surface area contributed by atoms with Crippen LogP contribution in [0.2, 0.25) is 0 Å². The van der Waals surface area contributed by atoms with Gasteiger partial charge in [-0.1, -0.05) is 0 Å². The number of phenols is 1. The molecule has 3 rings (SSSR count). The predicted octanol–water partition coefficient (Wildman–Crippen LogP) is 2.56. The molecule has 1 fully saturated rings. The summed E-state index contributed by atoms with van der Waals surface area (Å²) in [5.41, 5.74) is 1.18. The minimum atomic E-state index is 0.277. The molecule has 0 aromatic heterocycles. The molecule has 2 aliphatic rings. The SMILES string of the molecule is Oc1ccc2c(c1)OCC2NCC1CCSCC1. The molecule has 4 heteroatoms. The fourth-order valence-electron chi connectivity index (χ4n) is 2.63. The fourth-order valence-corrected chi connectivity index (χ4v) is 3.83. The van der Waals surface area contributed by atoms with E-state index in [1.54, 1.807) is 12.1 Å². The number of rotatable bonds is 3. The summed E-state index contributed by atoms with van der Waals surface area (Å²) >= 11 is 2.07. The first-order valence-corrected chi connectivity index (χ1v) is 7.75. The number of aromatic hydroxyl groups is 1. The largest absolute Gasteiger partial charge is 0.508 e. The number of benzene rings is 1. The summed E-state index contributed by atoms with van der Waals surface area (Å²) in [6.45, 7) is 1.76. The third-order valence-corrected chi connectivity index (χ3v) is 4.82. The van der Waals surface area contributed by atoms with Gasteiger partial charge in [0.2, 0.25) is 0 Å². The Morgan fingerprint density at radius 1 is 1.33 bits per heavy atom. The summed E-state index contributed by atoms with van der Waals surface area (Å²) in [6.07, 6.45) is 2.65. The van der Waals surface area contributed by atoms with Crippen LogP contribution < -0.4 is 10.1 Å². The van der Waals surface area contributed by atoms with Gasteiger partial charge < -0.3 is 15.2 Å². The summed E-state index contributed by atoms with van der Waals surface area (Å²) in [5, 5.41) is 13.0. The van der Waals surface area contributed by atoms with E-state index in [9.17, 15) is 5.11 Å². The molecule has 1 aromatic carbocycles. The maximum Gasteiger partial charge on any atom is 0.127 e. The molecule has 98 valence electrons. The monoisotopic (exact) mass is 265 g/mol. The van der Waals surface area contributed by atoms with Crippen molar-refractivity contribution < 1.29 is 9.84 Å². The van der Waals surface area contributed by atoms with Gasteiger partial charge in [-0.3, -0.25) is 0 Å². The van der Waals surface area contributed by atoms with E-state index < -0.39 is 0 Å². The van der Waals surface area contributed by atoms with Gasteiger partial charge in [0.25, 0.3) is 0 Å². The molecule has 1 unspecified atom stereocenters. The molecule has 0 saturated carbocycles. The van der Waals surface area contributed by atoms with Crippen LogP contribution in [0.1, 0.15) is 24.4 Å². The van der Waals surface area contributed by atoms with Crippen molar-refractivity contribution in [3.63, 3.8) is 0 Å². The molecule has 1 saturated heterocycles. The summed E-state index contributed by atoms with van der Waals surface area (Å²) in [5.74, 6) is 4.52. The Bertz CT molecular complexity index is 418. The van der Waals surface area contributed by atoms with Gasteiger partial charge in [-0.2, -0.15) is 11.8 Å². The van der Waals surface area contributed by atoms with E-state index in [1.165, 1.54) is 29.9 Å². The number of nitrogens with one attached hydrogen (secondary N) is 1. The molecular weight excluding hydrogens is 246 g/mol. The van der Waals surface area contributed by atoms with Gasteiger partial charge in [-0.25, -0.2) is 0 Å². The highest BCUT2D eigenvalue weighted by Crippen LogP contribution is 2.35. The molecule has 0 radical (unpaired) electrons. The number of ether oxygens (including phenoxy) is 1. The molecule has 0 spiro atoms. The lowest BCUT2D eigenvalue weighted by Crippen LogP contribution is -2.30.